The zero-order valence-electron chi connectivity index (χ0n) is 8.87. The summed E-state index contributed by atoms with van der Waals surface area (Å²) in [6.45, 7) is 2.01. The van der Waals surface area contributed by atoms with Gasteiger partial charge in [-0.05, 0) is 13.0 Å². The Morgan fingerprint density at radius 2 is 2.19 bits per heavy atom. The highest BCUT2D eigenvalue weighted by atomic mass is 19.2. The lowest BCUT2D eigenvalue weighted by atomic mass is 10.2. The number of carbonyl (C=O) groups excluding carboxylic acids is 1. The molecule has 2 nitrogen and oxygen atoms in total. The molecule has 0 saturated heterocycles. The normalized spacial score (nSPS) is 10.7. The van der Waals surface area contributed by atoms with Gasteiger partial charge in [-0.1, -0.05) is 24.3 Å². The van der Waals surface area contributed by atoms with E-state index in [2.05, 4.69) is 4.74 Å². The Bertz CT molecular complexity index is 400. The fourth-order valence-corrected chi connectivity index (χ4v) is 1.15. The minimum absolute atomic E-state index is 0.0454. The van der Waals surface area contributed by atoms with E-state index in [4.69, 9.17) is 0 Å². The van der Waals surface area contributed by atoms with Crippen LogP contribution >= 0.6 is 0 Å². The lowest BCUT2D eigenvalue weighted by molar-refractivity contribution is -0.142. The average molecular weight is 226 g/mol. The van der Waals surface area contributed by atoms with Crippen LogP contribution in [-0.4, -0.2) is 12.6 Å². The number of hydrogen-bond acceptors (Lipinski definition) is 2. The number of ether oxygens (including phenoxy) is 1. The van der Waals surface area contributed by atoms with E-state index in [1.165, 1.54) is 24.3 Å². The molecule has 0 radical (unpaired) electrons. The highest BCUT2D eigenvalue weighted by molar-refractivity contribution is 5.72. The van der Waals surface area contributed by atoms with Gasteiger partial charge < -0.3 is 4.74 Å². The second-order valence-corrected chi connectivity index (χ2v) is 3.05. The van der Waals surface area contributed by atoms with Crippen LogP contribution in [0.25, 0.3) is 6.08 Å². The van der Waals surface area contributed by atoms with Crippen LogP contribution in [0.1, 0.15) is 18.9 Å². The molecule has 16 heavy (non-hydrogen) atoms. The number of carbonyl (C=O) groups is 1. The van der Waals surface area contributed by atoms with Gasteiger partial charge in [0, 0.05) is 5.56 Å². The Balaban J connectivity index is 2.63. The first kappa shape index (κ1) is 12.4. The van der Waals surface area contributed by atoms with Crippen LogP contribution < -0.4 is 0 Å². The van der Waals surface area contributed by atoms with E-state index in [0.29, 0.717) is 6.61 Å². The Morgan fingerprint density at radius 1 is 1.44 bits per heavy atom. The zero-order valence-corrected chi connectivity index (χ0v) is 8.87. The van der Waals surface area contributed by atoms with Crippen LogP contribution in [0.15, 0.2) is 24.3 Å². The summed E-state index contributed by atoms with van der Waals surface area (Å²) in [6.07, 6.45) is 2.84. The third kappa shape index (κ3) is 3.46. The van der Waals surface area contributed by atoms with Gasteiger partial charge in [-0.15, -0.1) is 0 Å². The van der Waals surface area contributed by atoms with Crippen LogP contribution in [0.4, 0.5) is 8.78 Å². The topological polar surface area (TPSA) is 26.3 Å². The van der Waals surface area contributed by atoms with Crippen molar-refractivity contribution < 1.29 is 18.3 Å². The van der Waals surface area contributed by atoms with Gasteiger partial charge in [-0.2, -0.15) is 0 Å². The Morgan fingerprint density at radius 3 is 2.88 bits per heavy atom. The summed E-state index contributed by atoms with van der Waals surface area (Å²) in [5, 5.41) is 0. The van der Waals surface area contributed by atoms with Gasteiger partial charge in [-0.3, -0.25) is 4.79 Å². The van der Waals surface area contributed by atoms with Crippen molar-refractivity contribution in [3.05, 3.63) is 41.5 Å². The highest BCUT2D eigenvalue weighted by Gasteiger charge is 2.04. The molecule has 0 aliphatic heterocycles. The molecule has 4 heteroatoms. The minimum Gasteiger partial charge on any atom is -0.466 e. The van der Waals surface area contributed by atoms with Gasteiger partial charge in [0.1, 0.15) is 0 Å². The summed E-state index contributed by atoms with van der Waals surface area (Å²) in [5.41, 5.74) is 0.115. The predicted molar refractivity (Wildman–Crippen MR) is 56.6 cm³/mol. The van der Waals surface area contributed by atoms with Crippen molar-refractivity contribution in [2.24, 2.45) is 0 Å². The highest BCUT2D eigenvalue weighted by Crippen LogP contribution is 2.13. The molecule has 0 heterocycles. The van der Waals surface area contributed by atoms with E-state index in [0.717, 1.165) is 6.07 Å². The largest absolute Gasteiger partial charge is 0.466 e. The molecule has 0 fully saturated rings. The summed E-state index contributed by atoms with van der Waals surface area (Å²) in [7, 11) is 0. The van der Waals surface area contributed by atoms with Gasteiger partial charge in [0.15, 0.2) is 11.6 Å². The van der Waals surface area contributed by atoms with Crippen molar-refractivity contribution >= 4 is 12.0 Å². The molecule has 0 spiro atoms. The third-order valence-electron chi connectivity index (χ3n) is 1.87. The monoisotopic (exact) mass is 226 g/mol. The summed E-state index contributed by atoms with van der Waals surface area (Å²) >= 11 is 0. The van der Waals surface area contributed by atoms with Crippen LogP contribution in [-0.2, 0) is 9.53 Å². The number of benzene rings is 1. The summed E-state index contributed by atoms with van der Waals surface area (Å²) in [4.78, 5) is 10.9. The van der Waals surface area contributed by atoms with Crippen LogP contribution in [0, 0.1) is 11.6 Å². The SMILES string of the molecule is CCOC(=O)CC=Cc1cccc(F)c1F. The Labute approximate surface area is 92.5 Å². The van der Waals surface area contributed by atoms with E-state index in [-0.39, 0.29) is 12.0 Å². The first-order chi connectivity index (χ1) is 7.65. The quantitative estimate of drug-likeness (QED) is 0.738. The molecule has 0 aliphatic carbocycles. The van der Waals surface area contributed by atoms with Gasteiger partial charge in [0.2, 0.25) is 0 Å². The van der Waals surface area contributed by atoms with E-state index in [9.17, 15) is 13.6 Å². The molecule has 0 aromatic heterocycles. The molecule has 86 valence electrons. The molecule has 1 aromatic rings. The molecule has 0 N–H and O–H groups in total. The fraction of sp³-hybridized carbons (Fsp3) is 0.250. The van der Waals surface area contributed by atoms with E-state index >= 15 is 0 Å². The fourth-order valence-electron chi connectivity index (χ4n) is 1.15. The summed E-state index contributed by atoms with van der Waals surface area (Å²) in [5.74, 6) is -2.21. The number of esters is 1. The lowest BCUT2D eigenvalue weighted by Crippen LogP contribution is -2.01. The first-order valence-corrected chi connectivity index (χ1v) is 4.91. The number of hydrogen-bond donors (Lipinski definition) is 0. The lowest BCUT2D eigenvalue weighted by Gasteiger charge is -1.98. The molecule has 0 aliphatic rings. The molecular weight excluding hydrogens is 214 g/mol. The molecular formula is C12H12F2O2. The van der Waals surface area contributed by atoms with Crippen LogP contribution in [0.2, 0.25) is 0 Å². The van der Waals surface area contributed by atoms with E-state index in [1.54, 1.807) is 6.92 Å². The van der Waals surface area contributed by atoms with E-state index < -0.39 is 17.6 Å². The van der Waals surface area contributed by atoms with Crippen molar-refractivity contribution in [3.63, 3.8) is 0 Å². The van der Waals surface area contributed by atoms with Gasteiger partial charge >= 0.3 is 5.97 Å². The van der Waals surface area contributed by atoms with Gasteiger partial charge in [-0.25, -0.2) is 8.78 Å². The van der Waals surface area contributed by atoms with Crippen LogP contribution in [0.5, 0.6) is 0 Å². The molecule has 1 rings (SSSR count). The van der Waals surface area contributed by atoms with Crippen molar-refractivity contribution in [2.45, 2.75) is 13.3 Å². The third-order valence-corrected chi connectivity index (χ3v) is 1.87. The van der Waals surface area contributed by atoms with E-state index in [1.807, 2.05) is 0 Å². The average Bonchev–Trinajstić information content (AvgIpc) is 2.25. The summed E-state index contributed by atoms with van der Waals surface area (Å²) < 4.78 is 30.6. The molecule has 0 atom stereocenters. The first-order valence-electron chi connectivity index (χ1n) is 4.91. The summed E-state index contributed by atoms with van der Waals surface area (Å²) in [6, 6.07) is 3.88. The number of halogens is 2. The van der Waals surface area contributed by atoms with Gasteiger partial charge in [0.05, 0.1) is 13.0 Å². The predicted octanol–water partition coefficient (Wildman–Crippen LogP) is 2.93. The maximum absolute atomic E-state index is 13.1. The molecule has 0 amide bonds. The van der Waals surface area contributed by atoms with Crippen molar-refractivity contribution in [3.8, 4) is 0 Å². The molecule has 1 aromatic carbocycles. The molecule has 0 unspecified atom stereocenters. The maximum Gasteiger partial charge on any atom is 0.309 e. The molecule has 0 bridgehead atoms. The van der Waals surface area contributed by atoms with Crippen molar-refractivity contribution in [1.82, 2.24) is 0 Å². The second kappa shape index (κ2) is 6.00. The Kier molecular flexibility index (Phi) is 4.64. The number of rotatable bonds is 4. The molecule has 0 saturated carbocycles. The Hall–Kier alpha value is -1.71. The smallest absolute Gasteiger partial charge is 0.309 e. The second-order valence-electron chi connectivity index (χ2n) is 3.05. The van der Waals surface area contributed by atoms with Crippen molar-refractivity contribution in [2.75, 3.05) is 6.61 Å². The van der Waals surface area contributed by atoms with Crippen LogP contribution in [0.3, 0.4) is 0 Å². The maximum atomic E-state index is 13.1. The van der Waals surface area contributed by atoms with Crippen molar-refractivity contribution in [1.29, 1.82) is 0 Å². The zero-order chi connectivity index (χ0) is 12.0. The standard InChI is InChI=1S/C12H12F2O2/c1-2-16-11(15)8-4-6-9-5-3-7-10(13)12(9)14/h3-7H,2,8H2,1H3. The van der Waals surface area contributed by atoms with Gasteiger partial charge in [0.25, 0.3) is 0 Å². The minimum atomic E-state index is -0.914.